The van der Waals surface area contributed by atoms with Gasteiger partial charge in [0.05, 0.1) is 12.2 Å². The van der Waals surface area contributed by atoms with E-state index in [4.69, 9.17) is 9.73 Å². The molecule has 1 atom stereocenters. The molecule has 0 N–H and O–H groups in total. The quantitative estimate of drug-likeness (QED) is 0.534. The monoisotopic (exact) mass is 435 g/mol. The Kier molecular flexibility index (Phi) is 5.85. The number of nitrogens with zero attached hydrogens (tertiary/aromatic N) is 3. The van der Waals surface area contributed by atoms with Crippen molar-refractivity contribution in [2.75, 3.05) is 11.4 Å². The maximum Gasteiger partial charge on any atom is 0.264 e. The van der Waals surface area contributed by atoms with Crippen LogP contribution in [0.4, 0.5) is 5.69 Å². The van der Waals surface area contributed by atoms with Crippen molar-refractivity contribution in [1.82, 2.24) is 0 Å². The largest absolute Gasteiger partial charge is 0.489 e. The predicted octanol–water partition coefficient (Wildman–Crippen LogP) is 5.47. The summed E-state index contributed by atoms with van der Waals surface area (Å²) in [6.07, 6.45) is 3.96. The number of rotatable bonds is 5. The van der Waals surface area contributed by atoms with Gasteiger partial charge in [0.25, 0.3) is 5.91 Å². The molecule has 0 aromatic heterocycles. The molecule has 0 saturated heterocycles. The minimum atomic E-state index is -0.102. The van der Waals surface area contributed by atoms with Gasteiger partial charge >= 0.3 is 0 Å². The van der Waals surface area contributed by atoms with E-state index in [9.17, 15) is 4.79 Å². The molecule has 0 fully saturated rings. The number of benzene rings is 3. The summed E-state index contributed by atoms with van der Waals surface area (Å²) in [7, 11) is 0. The number of carbonyl (C=O) groups excluding carboxylic acids is 1. The van der Waals surface area contributed by atoms with Crippen LogP contribution < -0.4 is 9.64 Å². The highest BCUT2D eigenvalue weighted by molar-refractivity contribution is 6.33. The van der Waals surface area contributed by atoms with Crippen molar-refractivity contribution in [2.45, 2.75) is 20.1 Å². The predicted molar refractivity (Wildman–Crippen MR) is 132 cm³/mol. The number of anilines is 1. The third-order valence-electron chi connectivity index (χ3n) is 5.73. The molecule has 2 aliphatic rings. The Hall–Kier alpha value is -3.99. The lowest BCUT2D eigenvalue weighted by Crippen LogP contribution is -2.38. The third kappa shape index (κ3) is 4.48. The minimum absolute atomic E-state index is 0.102. The summed E-state index contributed by atoms with van der Waals surface area (Å²) in [5.41, 5.74) is 4.25. The molecule has 0 aliphatic carbocycles. The van der Waals surface area contributed by atoms with E-state index in [1.807, 2.05) is 85.1 Å². The van der Waals surface area contributed by atoms with Gasteiger partial charge in [-0.15, -0.1) is 0 Å². The van der Waals surface area contributed by atoms with Gasteiger partial charge in [-0.2, -0.15) is 0 Å². The summed E-state index contributed by atoms with van der Waals surface area (Å²) in [5.74, 6) is 1.50. The van der Waals surface area contributed by atoms with E-state index in [2.05, 4.69) is 18.0 Å². The van der Waals surface area contributed by atoms with Gasteiger partial charge in [0.1, 0.15) is 18.2 Å². The molecule has 164 valence electrons. The number of fused-ring (bicyclic) bond motifs is 1. The van der Waals surface area contributed by atoms with Crippen LogP contribution in [0, 0.1) is 5.92 Å². The maximum absolute atomic E-state index is 13.8. The first kappa shape index (κ1) is 20.9. The van der Waals surface area contributed by atoms with E-state index in [0.29, 0.717) is 36.0 Å². The highest BCUT2D eigenvalue weighted by Crippen LogP contribution is 2.29. The molecule has 33 heavy (non-hydrogen) atoms. The molecule has 2 heterocycles. The van der Waals surface area contributed by atoms with Gasteiger partial charge in [0.15, 0.2) is 0 Å². The number of hydrogen-bond donors (Lipinski definition) is 0. The average molecular weight is 436 g/mol. The Morgan fingerprint density at radius 1 is 1.00 bits per heavy atom. The summed E-state index contributed by atoms with van der Waals surface area (Å²) in [6, 6.07) is 25.3. The van der Waals surface area contributed by atoms with Gasteiger partial charge in [0, 0.05) is 30.0 Å². The van der Waals surface area contributed by atoms with Gasteiger partial charge in [-0.25, -0.2) is 0 Å². The van der Waals surface area contributed by atoms with Crippen LogP contribution in [0.5, 0.6) is 5.75 Å². The van der Waals surface area contributed by atoms with Crippen LogP contribution >= 0.6 is 0 Å². The lowest BCUT2D eigenvalue weighted by molar-refractivity contribution is 0.100. The zero-order chi connectivity index (χ0) is 22.6. The van der Waals surface area contributed by atoms with E-state index in [-0.39, 0.29) is 11.8 Å². The van der Waals surface area contributed by atoms with Crippen LogP contribution in [0.1, 0.15) is 28.4 Å². The number of amidine groups is 1. The van der Waals surface area contributed by atoms with Gasteiger partial charge in [-0.1, -0.05) is 67.6 Å². The molecule has 0 radical (unpaired) electrons. The zero-order valence-electron chi connectivity index (χ0n) is 18.5. The Labute approximate surface area is 193 Å². The molecular formula is C28H25N3O2. The van der Waals surface area contributed by atoms with Crippen LogP contribution in [-0.4, -0.2) is 24.5 Å². The molecule has 5 rings (SSSR count). The molecule has 0 bridgehead atoms. The lowest BCUT2D eigenvalue weighted by Gasteiger charge is -2.26. The molecular weight excluding hydrogens is 410 g/mol. The fourth-order valence-corrected chi connectivity index (χ4v) is 4.08. The van der Waals surface area contributed by atoms with Gasteiger partial charge in [-0.3, -0.25) is 19.7 Å². The summed E-state index contributed by atoms with van der Waals surface area (Å²) in [6.45, 7) is 3.76. The second-order valence-corrected chi connectivity index (χ2v) is 8.30. The number of dihydropyridines is 1. The summed E-state index contributed by atoms with van der Waals surface area (Å²) >= 11 is 0. The normalized spacial score (nSPS) is 17.7. The smallest absolute Gasteiger partial charge is 0.264 e. The standard InChI is InChI=1S/C28H25N3O2/c1-20-14-23(17-29-16-20)27-30-18-22-10-5-6-13-26(22)28(32)31(27)24-11-7-12-25(15-24)33-19-21-8-3-2-4-9-21/h2-15,17,20H,16,18-19H2,1H3. The molecule has 5 nitrogen and oxygen atoms in total. The first-order valence-corrected chi connectivity index (χ1v) is 11.1. The van der Waals surface area contributed by atoms with E-state index >= 15 is 0 Å². The first-order valence-electron chi connectivity index (χ1n) is 11.1. The van der Waals surface area contributed by atoms with E-state index in [0.717, 1.165) is 23.2 Å². The third-order valence-corrected chi connectivity index (χ3v) is 5.73. The second-order valence-electron chi connectivity index (χ2n) is 8.30. The molecule has 1 unspecified atom stereocenters. The average Bonchev–Trinajstić information content (AvgIpc) is 3.00. The van der Waals surface area contributed by atoms with Crippen molar-refractivity contribution >= 4 is 23.6 Å². The van der Waals surface area contributed by atoms with Crippen molar-refractivity contribution in [3.05, 3.63) is 107 Å². The molecule has 0 spiro atoms. The first-order chi connectivity index (χ1) is 16.2. The Morgan fingerprint density at radius 2 is 1.82 bits per heavy atom. The summed E-state index contributed by atoms with van der Waals surface area (Å²) in [4.78, 5) is 24.9. The minimum Gasteiger partial charge on any atom is -0.489 e. The molecule has 0 saturated carbocycles. The van der Waals surface area contributed by atoms with E-state index in [1.54, 1.807) is 4.90 Å². The second kappa shape index (κ2) is 9.25. The summed E-state index contributed by atoms with van der Waals surface area (Å²) < 4.78 is 6.04. The van der Waals surface area contributed by atoms with Gasteiger partial charge < -0.3 is 4.74 Å². The summed E-state index contributed by atoms with van der Waals surface area (Å²) in [5, 5.41) is 0. The fraction of sp³-hybridized carbons (Fsp3) is 0.179. The van der Waals surface area contributed by atoms with Crippen molar-refractivity contribution in [3.63, 3.8) is 0 Å². The molecule has 2 aliphatic heterocycles. The highest BCUT2D eigenvalue weighted by Gasteiger charge is 2.30. The highest BCUT2D eigenvalue weighted by atomic mass is 16.5. The Morgan fingerprint density at radius 3 is 2.67 bits per heavy atom. The van der Waals surface area contributed by atoms with Crippen molar-refractivity contribution in [2.24, 2.45) is 15.9 Å². The number of carbonyl (C=O) groups is 1. The van der Waals surface area contributed by atoms with Crippen molar-refractivity contribution < 1.29 is 9.53 Å². The number of amides is 1. The Balaban J connectivity index is 1.53. The van der Waals surface area contributed by atoms with Crippen LogP contribution in [0.25, 0.3) is 0 Å². The van der Waals surface area contributed by atoms with Gasteiger partial charge in [-0.05, 0) is 35.2 Å². The number of ether oxygens (including phenoxy) is 1. The van der Waals surface area contributed by atoms with E-state index in [1.165, 1.54) is 0 Å². The molecule has 1 amide bonds. The fourth-order valence-electron chi connectivity index (χ4n) is 4.08. The topological polar surface area (TPSA) is 54.3 Å². The zero-order valence-corrected chi connectivity index (χ0v) is 18.5. The number of aliphatic imine (C=N–C) groups is 2. The maximum atomic E-state index is 13.8. The van der Waals surface area contributed by atoms with Crippen LogP contribution in [0.15, 0.2) is 100 Å². The van der Waals surface area contributed by atoms with Gasteiger partial charge in [0.2, 0.25) is 0 Å². The Bertz CT molecular complexity index is 1260. The molecule has 3 aromatic carbocycles. The number of hydrogen-bond acceptors (Lipinski definition) is 4. The van der Waals surface area contributed by atoms with Crippen LogP contribution in [0.2, 0.25) is 0 Å². The lowest BCUT2D eigenvalue weighted by atomic mass is 10.0. The van der Waals surface area contributed by atoms with E-state index < -0.39 is 0 Å². The van der Waals surface area contributed by atoms with Crippen LogP contribution in [0.3, 0.4) is 0 Å². The van der Waals surface area contributed by atoms with Crippen LogP contribution in [-0.2, 0) is 13.2 Å². The molecule has 3 aromatic rings. The van der Waals surface area contributed by atoms with Crippen molar-refractivity contribution in [3.8, 4) is 5.75 Å². The molecule has 5 heteroatoms. The SMILES string of the molecule is CC1C=C(C2=NCc3ccccc3C(=O)N2c2cccc(OCc3ccccc3)c2)C=NC1. The van der Waals surface area contributed by atoms with Crippen molar-refractivity contribution in [1.29, 1.82) is 0 Å².